The number of carbonyl (C=O) groups excluding carboxylic acids is 2. The molecule has 0 aliphatic heterocycles. The van der Waals surface area contributed by atoms with Gasteiger partial charge in [-0.05, 0) is 32.1 Å². The highest BCUT2D eigenvalue weighted by molar-refractivity contribution is 5.76. The van der Waals surface area contributed by atoms with Gasteiger partial charge in [-0.2, -0.15) is 0 Å². The molecule has 0 aromatic heterocycles. The van der Waals surface area contributed by atoms with Crippen molar-refractivity contribution in [3.63, 3.8) is 0 Å². The smallest absolute Gasteiger partial charge is 0.305 e. The van der Waals surface area contributed by atoms with Crippen molar-refractivity contribution in [3.8, 4) is 0 Å². The Balaban J connectivity index is 3.36. The van der Waals surface area contributed by atoms with Gasteiger partial charge in [0, 0.05) is 12.8 Å². The van der Waals surface area contributed by atoms with E-state index in [1.165, 1.54) is 327 Å². The summed E-state index contributed by atoms with van der Waals surface area (Å²) < 4.78 is 5.51. The minimum absolute atomic E-state index is 0.0199. The van der Waals surface area contributed by atoms with Crippen LogP contribution in [-0.2, 0) is 14.3 Å². The number of hydrogen-bond acceptors (Lipinski definition) is 5. The van der Waals surface area contributed by atoms with Gasteiger partial charge in [-0.25, -0.2) is 0 Å². The number of unbranched alkanes of at least 4 members (excludes halogenated alkanes) is 54. The van der Waals surface area contributed by atoms with Gasteiger partial charge < -0.3 is 20.3 Å². The number of ether oxygens (including phenoxy) is 1. The van der Waals surface area contributed by atoms with E-state index in [-0.39, 0.29) is 18.5 Å². The fraction of sp³-hybridized carbons (Fsp3) is 0.942. The van der Waals surface area contributed by atoms with E-state index < -0.39 is 12.1 Å². The molecule has 0 aromatic rings. The molecule has 6 heteroatoms. The molecular weight excluding hydrogens is 923 g/mol. The van der Waals surface area contributed by atoms with Gasteiger partial charge in [0.2, 0.25) is 5.91 Å². The third-order valence-corrected chi connectivity index (χ3v) is 16.3. The molecule has 446 valence electrons. The highest BCUT2D eigenvalue weighted by Gasteiger charge is 2.18. The van der Waals surface area contributed by atoms with Gasteiger partial charge in [0.25, 0.3) is 0 Å². The summed E-state index contributed by atoms with van der Waals surface area (Å²) in [5.74, 6) is -0.0433. The maximum Gasteiger partial charge on any atom is 0.305 e. The van der Waals surface area contributed by atoms with Gasteiger partial charge >= 0.3 is 5.97 Å². The molecule has 0 aliphatic rings. The Bertz CT molecular complexity index is 1130. The Hall–Kier alpha value is -1.40. The molecule has 0 fully saturated rings. The number of esters is 1. The molecule has 3 N–H and O–H groups in total. The Labute approximate surface area is 469 Å². The zero-order chi connectivity index (χ0) is 54.3. The molecule has 0 spiro atoms. The van der Waals surface area contributed by atoms with Crippen molar-refractivity contribution in [1.29, 1.82) is 0 Å². The number of carbonyl (C=O) groups is 2. The van der Waals surface area contributed by atoms with E-state index in [1.807, 2.05) is 6.08 Å². The zero-order valence-electron chi connectivity index (χ0n) is 51.1. The molecule has 75 heavy (non-hydrogen) atoms. The lowest BCUT2D eigenvalue weighted by Crippen LogP contribution is -2.45. The first-order valence-electron chi connectivity index (χ1n) is 34.5. The van der Waals surface area contributed by atoms with Crippen LogP contribution in [0.5, 0.6) is 0 Å². The van der Waals surface area contributed by atoms with Crippen LogP contribution in [0.15, 0.2) is 12.2 Å². The summed E-state index contributed by atoms with van der Waals surface area (Å²) >= 11 is 0. The molecule has 0 heterocycles. The van der Waals surface area contributed by atoms with Gasteiger partial charge in [0.15, 0.2) is 0 Å². The van der Waals surface area contributed by atoms with Gasteiger partial charge in [-0.3, -0.25) is 9.59 Å². The topological polar surface area (TPSA) is 95.9 Å². The van der Waals surface area contributed by atoms with Crippen molar-refractivity contribution in [1.82, 2.24) is 5.32 Å². The quantitative estimate of drug-likeness (QED) is 0.0320. The van der Waals surface area contributed by atoms with Crippen LogP contribution in [0.1, 0.15) is 393 Å². The average Bonchev–Trinajstić information content (AvgIpc) is 3.41. The molecule has 0 radical (unpaired) electrons. The Morgan fingerprint density at radius 3 is 0.907 bits per heavy atom. The van der Waals surface area contributed by atoms with Gasteiger partial charge in [0.1, 0.15) is 0 Å². The number of aliphatic hydroxyl groups is 2. The Morgan fingerprint density at radius 1 is 0.360 bits per heavy atom. The highest BCUT2D eigenvalue weighted by Crippen LogP contribution is 2.19. The summed E-state index contributed by atoms with van der Waals surface area (Å²) in [4.78, 5) is 24.6. The lowest BCUT2D eigenvalue weighted by Gasteiger charge is -2.20. The van der Waals surface area contributed by atoms with Crippen LogP contribution >= 0.6 is 0 Å². The maximum atomic E-state index is 12.5. The molecule has 0 saturated heterocycles. The maximum absolute atomic E-state index is 12.5. The van der Waals surface area contributed by atoms with E-state index in [2.05, 4.69) is 19.2 Å². The first-order valence-corrected chi connectivity index (χ1v) is 34.5. The summed E-state index contributed by atoms with van der Waals surface area (Å²) in [6.45, 7) is 4.95. The number of allylic oxidation sites excluding steroid dienone is 1. The minimum Gasteiger partial charge on any atom is -0.466 e. The summed E-state index contributed by atoms with van der Waals surface area (Å²) in [5.41, 5.74) is 0. The van der Waals surface area contributed by atoms with E-state index in [9.17, 15) is 19.8 Å². The first-order chi connectivity index (χ1) is 37.0. The standard InChI is InChI=1S/C69H135NO5/c1-3-5-7-9-11-13-15-17-19-29-33-37-41-45-49-53-57-61-67(72)66(65-71)70-68(73)62-58-54-50-46-42-38-34-31-27-25-23-21-22-24-26-28-32-36-40-44-48-52-56-60-64-75-69(74)63-59-55-51-47-43-39-35-30-20-18-16-14-12-10-8-6-4-2/h57,61,66-67,71-72H,3-56,58-60,62-65H2,1-2H3,(H,70,73)/b61-57+. The summed E-state index contributed by atoms with van der Waals surface area (Å²) in [6.07, 6.45) is 79.9. The van der Waals surface area contributed by atoms with Crippen LogP contribution in [0, 0.1) is 0 Å². The summed E-state index contributed by atoms with van der Waals surface area (Å²) in [7, 11) is 0. The van der Waals surface area contributed by atoms with E-state index in [0.29, 0.717) is 19.4 Å². The SMILES string of the molecule is CCCCCCCCCCCCCCCCC/C=C/C(O)C(CO)NC(=O)CCCCCCCCCCCCCCCCCCCCCCCCCCOC(=O)CCCCCCCCCCCCCCCCCCC. The first kappa shape index (κ1) is 73.6. The van der Waals surface area contributed by atoms with Gasteiger partial charge in [-0.1, -0.05) is 360 Å². The van der Waals surface area contributed by atoms with Gasteiger partial charge in [0.05, 0.1) is 25.4 Å². The second-order valence-electron chi connectivity index (χ2n) is 23.9. The van der Waals surface area contributed by atoms with Crippen LogP contribution in [0.4, 0.5) is 0 Å². The molecule has 0 bridgehead atoms. The summed E-state index contributed by atoms with van der Waals surface area (Å²) in [6, 6.07) is -0.626. The van der Waals surface area contributed by atoms with Crippen molar-refractivity contribution >= 4 is 11.9 Å². The van der Waals surface area contributed by atoms with Crippen LogP contribution in [0.3, 0.4) is 0 Å². The minimum atomic E-state index is -0.843. The largest absolute Gasteiger partial charge is 0.466 e. The Kier molecular flexibility index (Phi) is 63.9. The Morgan fingerprint density at radius 2 is 0.613 bits per heavy atom. The normalized spacial score (nSPS) is 12.5. The van der Waals surface area contributed by atoms with Crippen molar-refractivity contribution < 1.29 is 24.5 Å². The third-order valence-electron chi connectivity index (χ3n) is 16.3. The van der Waals surface area contributed by atoms with Gasteiger partial charge in [-0.15, -0.1) is 0 Å². The van der Waals surface area contributed by atoms with Crippen molar-refractivity contribution in [2.24, 2.45) is 0 Å². The van der Waals surface area contributed by atoms with Crippen molar-refractivity contribution in [3.05, 3.63) is 12.2 Å². The average molecular weight is 1060 g/mol. The predicted molar refractivity (Wildman–Crippen MR) is 329 cm³/mol. The number of aliphatic hydroxyl groups excluding tert-OH is 2. The highest BCUT2D eigenvalue weighted by atomic mass is 16.5. The summed E-state index contributed by atoms with van der Waals surface area (Å²) in [5, 5.41) is 23.2. The molecular formula is C69H135NO5. The number of nitrogens with one attached hydrogen (secondary N) is 1. The number of hydrogen-bond donors (Lipinski definition) is 3. The lowest BCUT2D eigenvalue weighted by atomic mass is 10.0. The number of amides is 1. The predicted octanol–water partition coefficient (Wildman–Crippen LogP) is 22.0. The molecule has 0 rings (SSSR count). The molecule has 0 aliphatic carbocycles. The van der Waals surface area contributed by atoms with E-state index in [0.717, 1.165) is 38.5 Å². The fourth-order valence-corrected chi connectivity index (χ4v) is 11.1. The van der Waals surface area contributed by atoms with Crippen LogP contribution in [-0.4, -0.2) is 47.4 Å². The van der Waals surface area contributed by atoms with E-state index >= 15 is 0 Å². The fourth-order valence-electron chi connectivity index (χ4n) is 11.1. The van der Waals surface area contributed by atoms with E-state index in [1.54, 1.807) is 6.08 Å². The third kappa shape index (κ3) is 61.7. The molecule has 6 nitrogen and oxygen atoms in total. The molecule has 0 aromatic carbocycles. The molecule has 0 saturated carbocycles. The molecule has 2 unspecified atom stereocenters. The van der Waals surface area contributed by atoms with Crippen LogP contribution < -0.4 is 5.32 Å². The lowest BCUT2D eigenvalue weighted by molar-refractivity contribution is -0.143. The second-order valence-corrected chi connectivity index (χ2v) is 23.9. The van der Waals surface area contributed by atoms with Crippen molar-refractivity contribution in [2.75, 3.05) is 13.2 Å². The van der Waals surface area contributed by atoms with Crippen LogP contribution in [0.25, 0.3) is 0 Å². The second kappa shape index (κ2) is 65.1. The zero-order valence-corrected chi connectivity index (χ0v) is 51.1. The van der Waals surface area contributed by atoms with E-state index in [4.69, 9.17) is 4.74 Å². The van der Waals surface area contributed by atoms with Crippen molar-refractivity contribution in [2.45, 2.75) is 405 Å². The molecule has 1 amide bonds. The molecule has 2 atom stereocenters. The monoisotopic (exact) mass is 1060 g/mol. The number of rotatable bonds is 65. The van der Waals surface area contributed by atoms with Crippen LogP contribution in [0.2, 0.25) is 0 Å².